The van der Waals surface area contributed by atoms with Gasteiger partial charge in [-0.2, -0.15) is 0 Å². The SMILES string of the molecule is CCc1ccc(NC(=O)NCc2cccc(OCCN3CCOCC3)c2)cc1. The molecule has 2 aromatic rings. The molecule has 1 aliphatic rings. The molecule has 6 nitrogen and oxygen atoms in total. The first-order valence-electron chi connectivity index (χ1n) is 9.88. The van der Waals surface area contributed by atoms with Crippen molar-refractivity contribution in [1.29, 1.82) is 0 Å². The molecule has 0 unspecified atom stereocenters. The smallest absolute Gasteiger partial charge is 0.319 e. The minimum Gasteiger partial charge on any atom is -0.492 e. The zero-order valence-corrected chi connectivity index (χ0v) is 16.4. The number of carbonyl (C=O) groups is 1. The van der Waals surface area contributed by atoms with E-state index < -0.39 is 0 Å². The van der Waals surface area contributed by atoms with Gasteiger partial charge in [-0.25, -0.2) is 4.79 Å². The largest absolute Gasteiger partial charge is 0.492 e. The molecule has 0 bridgehead atoms. The highest BCUT2D eigenvalue weighted by Crippen LogP contribution is 2.14. The Morgan fingerprint density at radius 1 is 1.11 bits per heavy atom. The van der Waals surface area contributed by atoms with E-state index in [0.717, 1.165) is 56.3 Å². The molecule has 0 spiro atoms. The van der Waals surface area contributed by atoms with Crippen LogP contribution in [0.1, 0.15) is 18.1 Å². The maximum atomic E-state index is 12.1. The lowest BCUT2D eigenvalue weighted by Gasteiger charge is -2.26. The van der Waals surface area contributed by atoms with E-state index in [1.54, 1.807) is 0 Å². The van der Waals surface area contributed by atoms with E-state index in [9.17, 15) is 4.79 Å². The Labute approximate surface area is 166 Å². The number of nitrogens with one attached hydrogen (secondary N) is 2. The highest BCUT2D eigenvalue weighted by atomic mass is 16.5. The van der Waals surface area contributed by atoms with Crippen LogP contribution in [0.4, 0.5) is 10.5 Å². The molecule has 2 aromatic carbocycles. The van der Waals surface area contributed by atoms with Gasteiger partial charge in [0.25, 0.3) is 0 Å². The van der Waals surface area contributed by atoms with E-state index in [1.165, 1.54) is 5.56 Å². The highest BCUT2D eigenvalue weighted by Gasteiger charge is 2.10. The van der Waals surface area contributed by atoms with E-state index in [4.69, 9.17) is 9.47 Å². The number of hydrogen-bond acceptors (Lipinski definition) is 4. The minimum absolute atomic E-state index is 0.220. The van der Waals surface area contributed by atoms with Crippen LogP contribution >= 0.6 is 0 Å². The molecule has 0 aliphatic carbocycles. The summed E-state index contributed by atoms with van der Waals surface area (Å²) in [5, 5.41) is 5.74. The maximum absolute atomic E-state index is 12.1. The van der Waals surface area contributed by atoms with E-state index in [-0.39, 0.29) is 6.03 Å². The first-order chi connectivity index (χ1) is 13.7. The van der Waals surface area contributed by atoms with Crippen molar-refractivity contribution >= 4 is 11.7 Å². The van der Waals surface area contributed by atoms with E-state index in [1.807, 2.05) is 48.5 Å². The van der Waals surface area contributed by atoms with E-state index in [0.29, 0.717) is 13.2 Å². The molecule has 1 heterocycles. The van der Waals surface area contributed by atoms with Crippen molar-refractivity contribution in [3.05, 3.63) is 59.7 Å². The van der Waals surface area contributed by atoms with Gasteiger partial charge in [-0.1, -0.05) is 31.2 Å². The van der Waals surface area contributed by atoms with Crippen molar-refractivity contribution in [2.75, 3.05) is 44.8 Å². The summed E-state index contributed by atoms with van der Waals surface area (Å²) < 4.78 is 11.2. The molecule has 0 radical (unpaired) electrons. The third-order valence-electron chi connectivity index (χ3n) is 4.75. The van der Waals surface area contributed by atoms with Crippen LogP contribution in [-0.2, 0) is 17.7 Å². The lowest BCUT2D eigenvalue weighted by Crippen LogP contribution is -2.38. The van der Waals surface area contributed by atoms with Gasteiger partial charge in [-0.05, 0) is 41.8 Å². The number of rotatable bonds is 8. The Morgan fingerprint density at radius 3 is 2.64 bits per heavy atom. The molecule has 0 saturated carbocycles. The molecule has 3 rings (SSSR count). The molecule has 28 heavy (non-hydrogen) atoms. The minimum atomic E-state index is -0.220. The Balaban J connectivity index is 1.41. The predicted molar refractivity (Wildman–Crippen MR) is 111 cm³/mol. The number of urea groups is 1. The maximum Gasteiger partial charge on any atom is 0.319 e. The van der Waals surface area contributed by atoms with Gasteiger partial charge in [0.15, 0.2) is 0 Å². The van der Waals surface area contributed by atoms with Crippen LogP contribution in [0.25, 0.3) is 0 Å². The van der Waals surface area contributed by atoms with E-state index in [2.05, 4.69) is 22.5 Å². The van der Waals surface area contributed by atoms with Crippen LogP contribution < -0.4 is 15.4 Å². The lowest BCUT2D eigenvalue weighted by atomic mass is 10.1. The zero-order valence-electron chi connectivity index (χ0n) is 16.4. The van der Waals surface area contributed by atoms with Crippen molar-refractivity contribution in [2.24, 2.45) is 0 Å². The molecular formula is C22H29N3O3. The fourth-order valence-corrected chi connectivity index (χ4v) is 3.04. The fraction of sp³-hybridized carbons (Fsp3) is 0.409. The lowest BCUT2D eigenvalue weighted by molar-refractivity contribution is 0.0322. The number of anilines is 1. The summed E-state index contributed by atoms with van der Waals surface area (Å²) in [5.41, 5.74) is 3.03. The Kier molecular flexibility index (Phi) is 7.70. The van der Waals surface area contributed by atoms with Crippen LogP contribution in [0, 0.1) is 0 Å². The summed E-state index contributed by atoms with van der Waals surface area (Å²) in [6.45, 7) is 7.61. The molecular weight excluding hydrogens is 354 g/mol. The first kappa shape index (κ1) is 20.2. The summed E-state index contributed by atoms with van der Waals surface area (Å²) in [6.07, 6.45) is 0.983. The van der Waals surface area contributed by atoms with Crippen molar-refractivity contribution in [3.8, 4) is 5.75 Å². The van der Waals surface area contributed by atoms with Gasteiger partial charge >= 0.3 is 6.03 Å². The molecule has 0 aromatic heterocycles. The Hall–Kier alpha value is -2.57. The molecule has 2 N–H and O–H groups in total. The summed E-state index contributed by atoms with van der Waals surface area (Å²) in [5.74, 6) is 0.822. The van der Waals surface area contributed by atoms with E-state index >= 15 is 0 Å². The van der Waals surface area contributed by atoms with Gasteiger partial charge in [0.1, 0.15) is 12.4 Å². The molecule has 1 fully saturated rings. The second-order valence-electron chi connectivity index (χ2n) is 6.81. The molecule has 0 atom stereocenters. The molecule has 1 aliphatic heterocycles. The predicted octanol–water partition coefficient (Wildman–Crippen LogP) is 3.28. The number of aryl methyl sites for hydroxylation is 1. The van der Waals surface area contributed by atoms with Crippen LogP contribution in [-0.4, -0.2) is 50.4 Å². The number of amides is 2. The van der Waals surface area contributed by atoms with Crippen molar-refractivity contribution < 1.29 is 14.3 Å². The molecule has 150 valence electrons. The van der Waals surface area contributed by atoms with Crippen LogP contribution in [0.15, 0.2) is 48.5 Å². The zero-order chi connectivity index (χ0) is 19.6. The summed E-state index contributed by atoms with van der Waals surface area (Å²) in [4.78, 5) is 14.4. The molecule has 6 heteroatoms. The van der Waals surface area contributed by atoms with Gasteiger partial charge in [0.2, 0.25) is 0 Å². The van der Waals surface area contributed by atoms with Gasteiger partial charge in [-0.3, -0.25) is 4.90 Å². The van der Waals surface area contributed by atoms with Crippen molar-refractivity contribution in [3.63, 3.8) is 0 Å². The van der Waals surface area contributed by atoms with Crippen LogP contribution in [0.3, 0.4) is 0 Å². The van der Waals surface area contributed by atoms with Gasteiger partial charge in [-0.15, -0.1) is 0 Å². The second kappa shape index (κ2) is 10.7. The fourth-order valence-electron chi connectivity index (χ4n) is 3.04. The monoisotopic (exact) mass is 383 g/mol. The highest BCUT2D eigenvalue weighted by molar-refractivity contribution is 5.89. The van der Waals surface area contributed by atoms with Crippen molar-refractivity contribution in [2.45, 2.75) is 19.9 Å². The van der Waals surface area contributed by atoms with Crippen molar-refractivity contribution in [1.82, 2.24) is 10.2 Å². The third kappa shape index (κ3) is 6.55. The van der Waals surface area contributed by atoms with Crippen LogP contribution in [0.2, 0.25) is 0 Å². The molecule has 1 saturated heterocycles. The summed E-state index contributed by atoms with van der Waals surface area (Å²) >= 11 is 0. The average molecular weight is 383 g/mol. The van der Waals surface area contributed by atoms with Gasteiger partial charge in [0, 0.05) is 31.9 Å². The number of benzene rings is 2. The Morgan fingerprint density at radius 2 is 1.89 bits per heavy atom. The average Bonchev–Trinajstić information content (AvgIpc) is 2.74. The summed E-state index contributed by atoms with van der Waals surface area (Å²) in [7, 11) is 0. The Bertz CT molecular complexity index is 743. The standard InChI is InChI=1S/C22H29N3O3/c1-2-18-6-8-20(9-7-18)24-22(26)23-17-19-4-3-5-21(16-19)28-15-12-25-10-13-27-14-11-25/h3-9,16H,2,10-15,17H2,1H3,(H2,23,24,26). The van der Waals surface area contributed by atoms with Gasteiger partial charge in [0.05, 0.1) is 13.2 Å². The number of ether oxygens (including phenoxy) is 2. The summed E-state index contributed by atoms with van der Waals surface area (Å²) in [6, 6.07) is 15.5. The topological polar surface area (TPSA) is 62.8 Å². The normalized spacial score (nSPS) is 14.5. The van der Waals surface area contributed by atoms with Gasteiger partial charge < -0.3 is 20.1 Å². The third-order valence-corrected chi connectivity index (χ3v) is 4.75. The number of hydrogen-bond donors (Lipinski definition) is 2. The number of nitrogens with zero attached hydrogens (tertiary/aromatic N) is 1. The first-order valence-corrected chi connectivity index (χ1v) is 9.88. The number of carbonyl (C=O) groups excluding carboxylic acids is 1. The van der Waals surface area contributed by atoms with Crippen LogP contribution in [0.5, 0.6) is 5.75 Å². The second-order valence-corrected chi connectivity index (χ2v) is 6.81. The quantitative estimate of drug-likeness (QED) is 0.734. The number of morpholine rings is 1. The molecule has 2 amide bonds.